The predicted molar refractivity (Wildman–Crippen MR) is 222 cm³/mol. The van der Waals surface area contributed by atoms with Gasteiger partial charge in [-0.2, -0.15) is 4.89 Å². The van der Waals surface area contributed by atoms with Crippen LogP contribution in [0.5, 0.6) is 0 Å². The summed E-state index contributed by atoms with van der Waals surface area (Å²) in [5, 5.41) is 2.71. The summed E-state index contributed by atoms with van der Waals surface area (Å²) in [5.41, 5.74) is 5.44. The smallest absolute Gasteiger partial charge is 0.407 e. The second-order valence-corrected chi connectivity index (χ2v) is 14.4. The van der Waals surface area contributed by atoms with Crippen LogP contribution in [0.4, 0.5) is 4.79 Å². The molecule has 0 bridgehead atoms. The number of likely N-dealkylation sites (tertiary alicyclic amines) is 2. The van der Waals surface area contributed by atoms with Crippen LogP contribution in [0.25, 0.3) is 22.4 Å². The minimum Gasteiger partial charge on any atom is -0.453 e. The molecule has 3 amide bonds. The van der Waals surface area contributed by atoms with Crippen LogP contribution < -0.4 is 5.32 Å². The van der Waals surface area contributed by atoms with Gasteiger partial charge in [-0.05, 0) is 79.3 Å². The summed E-state index contributed by atoms with van der Waals surface area (Å²) in [4.78, 5) is 70.3. The molecule has 8 rings (SSSR count). The van der Waals surface area contributed by atoms with Gasteiger partial charge in [-0.15, -0.1) is 0 Å². The van der Waals surface area contributed by atoms with E-state index >= 15 is 0 Å². The first-order chi connectivity index (χ1) is 29.4. The molecule has 0 radical (unpaired) electrons. The van der Waals surface area contributed by atoms with E-state index in [1.807, 2.05) is 103 Å². The molecular formula is C46H43N7O7. The summed E-state index contributed by atoms with van der Waals surface area (Å²) >= 11 is 0. The number of H-pyrrole nitrogens is 1. The molecule has 4 aromatic carbocycles. The molecule has 4 atom stereocenters. The van der Waals surface area contributed by atoms with E-state index in [9.17, 15) is 14.4 Å². The molecule has 0 aliphatic carbocycles. The molecule has 14 nitrogen and oxygen atoms in total. The van der Waals surface area contributed by atoms with Crippen molar-refractivity contribution in [3.05, 3.63) is 143 Å². The van der Waals surface area contributed by atoms with Gasteiger partial charge in [0, 0.05) is 29.8 Å². The number of ether oxygens (including phenoxy) is 1. The summed E-state index contributed by atoms with van der Waals surface area (Å²) < 4.78 is 11.1. The van der Waals surface area contributed by atoms with E-state index in [1.165, 1.54) is 14.2 Å². The minimum absolute atomic E-state index is 0.175. The fraction of sp³-hybridized carbons (Fsp3) is 0.261. The van der Waals surface area contributed by atoms with Gasteiger partial charge in [0.25, 0.3) is 11.8 Å². The van der Waals surface area contributed by atoms with E-state index in [0.717, 1.165) is 65.4 Å². The van der Waals surface area contributed by atoms with E-state index in [4.69, 9.17) is 19.0 Å². The molecular weight excluding hydrogens is 763 g/mol. The molecule has 2 fully saturated rings. The molecule has 2 aromatic heterocycles. The second kappa shape index (κ2) is 18.1. The van der Waals surface area contributed by atoms with Gasteiger partial charge in [0.1, 0.15) is 17.9 Å². The van der Waals surface area contributed by atoms with Gasteiger partial charge in [-0.25, -0.2) is 19.8 Å². The molecule has 60 heavy (non-hydrogen) atoms. The lowest BCUT2D eigenvalue weighted by Crippen LogP contribution is -2.42. The lowest BCUT2D eigenvalue weighted by atomic mass is 10.1. The maximum absolute atomic E-state index is 13.9. The number of aromatic amines is 1. The number of carbonyl (C=O) groups excluding carboxylic acids is 3. The van der Waals surface area contributed by atoms with Crippen LogP contribution in [0.2, 0.25) is 0 Å². The molecule has 2 aliphatic rings. The van der Waals surface area contributed by atoms with Crippen molar-refractivity contribution < 1.29 is 33.3 Å². The number of nitrogens with zero attached hydrogens (tertiary/aromatic N) is 5. The number of oxazole rings is 1. The Morgan fingerprint density at radius 2 is 1.52 bits per heavy atom. The van der Waals surface area contributed by atoms with Crippen molar-refractivity contribution in [3.63, 3.8) is 0 Å². The number of alkyl carbamates (subject to hydrolysis) is 1. The first-order valence-electron chi connectivity index (χ1n) is 19.7. The third-order valence-corrected chi connectivity index (χ3v) is 10.7. The van der Waals surface area contributed by atoms with Gasteiger partial charge in [0.05, 0.1) is 37.5 Å². The number of benzene rings is 4. The molecule has 2 saturated heterocycles. The minimum atomic E-state index is -0.893. The summed E-state index contributed by atoms with van der Waals surface area (Å²) in [6.45, 7) is 1.10. The molecule has 304 valence electrons. The van der Waals surface area contributed by atoms with Crippen molar-refractivity contribution in [2.24, 2.45) is 4.99 Å². The van der Waals surface area contributed by atoms with Crippen LogP contribution in [-0.4, -0.2) is 76.4 Å². The number of fused-ring (bicyclic) bond motifs is 1. The lowest BCUT2D eigenvalue weighted by Gasteiger charge is -2.28. The van der Waals surface area contributed by atoms with E-state index in [1.54, 1.807) is 16.0 Å². The molecule has 14 heteroatoms. The van der Waals surface area contributed by atoms with Crippen molar-refractivity contribution in [1.82, 2.24) is 30.1 Å². The van der Waals surface area contributed by atoms with Crippen LogP contribution >= 0.6 is 0 Å². The highest BCUT2D eigenvalue weighted by atomic mass is 17.2. The highest BCUT2D eigenvalue weighted by molar-refractivity contribution is 5.88. The topological polar surface area (TPSA) is 164 Å². The molecule has 6 aromatic rings. The van der Waals surface area contributed by atoms with E-state index in [0.29, 0.717) is 36.1 Å². The van der Waals surface area contributed by atoms with Gasteiger partial charge in [-0.1, -0.05) is 72.5 Å². The number of methoxy groups -OCH3 is 1. The number of carbonyl (C=O) groups is 3. The van der Waals surface area contributed by atoms with Crippen LogP contribution in [0.15, 0.2) is 119 Å². The van der Waals surface area contributed by atoms with E-state index in [-0.39, 0.29) is 23.9 Å². The van der Waals surface area contributed by atoms with Crippen LogP contribution in [0.1, 0.15) is 83.8 Å². The van der Waals surface area contributed by atoms with Crippen molar-refractivity contribution in [1.29, 1.82) is 0 Å². The van der Waals surface area contributed by atoms with Gasteiger partial charge in [-0.3, -0.25) is 9.59 Å². The zero-order valence-electron chi connectivity index (χ0n) is 33.1. The Balaban J connectivity index is 0.939. The number of amides is 3. The number of imidazole rings is 1. The normalized spacial score (nSPS) is 17.3. The van der Waals surface area contributed by atoms with Gasteiger partial charge in [0.15, 0.2) is 11.8 Å². The zero-order valence-corrected chi connectivity index (χ0v) is 33.1. The largest absolute Gasteiger partial charge is 0.453 e. The van der Waals surface area contributed by atoms with Crippen molar-refractivity contribution >= 4 is 35.3 Å². The van der Waals surface area contributed by atoms with Crippen molar-refractivity contribution in [2.45, 2.75) is 49.9 Å². The summed E-state index contributed by atoms with van der Waals surface area (Å²) in [6.07, 6.45) is 5.21. The Kier molecular flexibility index (Phi) is 12.0. The number of hydrogen-bond donors (Lipinski definition) is 2. The van der Waals surface area contributed by atoms with Gasteiger partial charge < -0.3 is 34.1 Å². The highest BCUT2D eigenvalue weighted by Gasteiger charge is 2.38. The quantitative estimate of drug-likeness (QED) is 0.0447. The fourth-order valence-corrected chi connectivity index (χ4v) is 7.79. The summed E-state index contributed by atoms with van der Waals surface area (Å²) in [5.74, 6) is 7.85. The van der Waals surface area contributed by atoms with E-state index in [2.05, 4.69) is 37.0 Å². The zero-order chi connectivity index (χ0) is 41.4. The maximum atomic E-state index is 13.9. The molecule has 4 heterocycles. The fourth-order valence-electron chi connectivity index (χ4n) is 7.79. The van der Waals surface area contributed by atoms with E-state index < -0.39 is 18.2 Å². The third kappa shape index (κ3) is 8.62. The first-order valence-corrected chi connectivity index (χ1v) is 19.7. The Hall–Kier alpha value is -7.24. The third-order valence-electron chi connectivity index (χ3n) is 10.7. The second-order valence-electron chi connectivity index (χ2n) is 14.4. The number of aromatic nitrogens is 3. The highest BCUT2D eigenvalue weighted by Crippen LogP contribution is 2.37. The number of hydrogen-bond acceptors (Lipinski definition) is 10. The Morgan fingerprint density at radius 3 is 2.23 bits per heavy atom. The maximum Gasteiger partial charge on any atom is 0.407 e. The Morgan fingerprint density at radius 1 is 0.850 bits per heavy atom. The first kappa shape index (κ1) is 39.6. The molecule has 0 unspecified atom stereocenters. The Bertz CT molecular complexity index is 2540. The standard InChI is InChI=1S/C46H43N7O7/c1-57-46(56)51-41(34-13-7-4-8-14-34)45(55)52-25-9-15-37(52)42-49-35-24-21-31(27-36(35)50-42)18-17-30-19-22-32(23-20-30)39-28-47-43(60-39)38-16-10-26-53(38)44(54)40(48-29-59-58-2)33-11-5-3-6-12-33/h3-8,11-14,19-24,27-29,37-38,40-41H,9-10,15-16,25-26H2,1-2H3,(H,49,50)(H,51,56)/t37-,38-,40+,41+/m0/s1. The molecule has 2 aliphatic heterocycles. The number of rotatable bonds is 11. The predicted octanol–water partition coefficient (Wildman–Crippen LogP) is 7.39. The monoisotopic (exact) mass is 805 g/mol. The molecule has 0 saturated carbocycles. The van der Waals surface area contributed by atoms with Crippen LogP contribution in [0.3, 0.4) is 0 Å². The van der Waals surface area contributed by atoms with Gasteiger partial charge in [0.2, 0.25) is 12.3 Å². The van der Waals surface area contributed by atoms with Crippen molar-refractivity contribution in [2.75, 3.05) is 27.3 Å². The number of nitrogens with one attached hydrogen (secondary N) is 2. The number of aliphatic imine (C=N–C) groups is 1. The lowest BCUT2D eigenvalue weighted by molar-refractivity contribution is -0.188. The molecule has 0 spiro atoms. The van der Waals surface area contributed by atoms with Gasteiger partial charge >= 0.3 is 6.09 Å². The average Bonchev–Trinajstić information content (AvgIpc) is 4.13. The SMILES string of the molecule is COOC=N[C@@H](C(=O)N1CCC[C@H]1c1ncc(-c2ccc(C#Cc3ccc4nc([C@@H]5CCCN5C(=O)[C@H](NC(=O)OC)c5ccccc5)[nH]c4c3)cc2)o1)c1ccccc1. The molecule has 2 N–H and O–H groups in total. The average molecular weight is 806 g/mol. The van der Waals surface area contributed by atoms with Crippen molar-refractivity contribution in [3.8, 4) is 23.2 Å². The van der Waals surface area contributed by atoms with Crippen LogP contribution in [-0.2, 0) is 24.1 Å². The Labute approximate surface area is 346 Å². The summed E-state index contributed by atoms with van der Waals surface area (Å²) in [6, 6.07) is 29.7. The van der Waals surface area contributed by atoms with Crippen LogP contribution in [0, 0.1) is 11.8 Å². The summed E-state index contributed by atoms with van der Waals surface area (Å²) in [7, 11) is 2.65.